The van der Waals surface area contributed by atoms with E-state index in [0.717, 1.165) is 11.3 Å². The Balaban J connectivity index is 2.07. The molecule has 0 saturated heterocycles. The monoisotopic (exact) mass is 442 g/mol. The van der Waals surface area contributed by atoms with Crippen LogP contribution in [0.5, 0.6) is 11.5 Å². The van der Waals surface area contributed by atoms with E-state index in [1.165, 1.54) is 0 Å². The van der Waals surface area contributed by atoms with Gasteiger partial charge in [0.15, 0.2) is 0 Å². The van der Waals surface area contributed by atoms with Gasteiger partial charge in [0.2, 0.25) is 5.91 Å². The van der Waals surface area contributed by atoms with Crippen LogP contribution in [0.1, 0.15) is 43.6 Å². The standard InChI is InChI=1S/C25H34N2O5/c1-17(2)16-31-21-11-7-20(8-12-21)24(29)27-23(25(30)26-13-14-28)15-19-5-9-22(10-6-19)32-18(3)4/h5-12,17-18,23,28H,13-16H2,1-4H3,(H,26,30)(H,27,29). The molecule has 0 aromatic heterocycles. The van der Waals surface area contributed by atoms with Gasteiger partial charge < -0.3 is 25.2 Å². The van der Waals surface area contributed by atoms with Gasteiger partial charge in [-0.05, 0) is 61.7 Å². The summed E-state index contributed by atoms with van der Waals surface area (Å²) in [6.45, 7) is 8.57. The molecule has 0 fully saturated rings. The van der Waals surface area contributed by atoms with Gasteiger partial charge in [0.1, 0.15) is 17.5 Å². The smallest absolute Gasteiger partial charge is 0.251 e. The largest absolute Gasteiger partial charge is 0.493 e. The average molecular weight is 443 g/mol. The van der Waals surface area contributed by atoms with E-state index in [1.54, 1.807) is 24.3 Å². The van der Waals surface area contributed by atoms with Crippen molar-refractivity contribution in [2.45, 2.75) is 46.3 Å². The van der Waals surface area contributed by atoms with Crippen molar-refractivity contribution in [1.82, 2.24) is 10.6 Å². The molecule has 3 N–H and O–H groups in total. The molecule has 0 aliphatic rings. The molecule has 0 heterocycles. The van der Waals surface area contributed by atoms with Gasteiger partial charge in [-0.25, -0.2) is 0 Å². The number of hydrogen-bond donors (Lipinski definition) is 3. The molecule has 0 aliphatic carbocycles. The lowest BCUT2D eigenvalue weighted by molar-refractivity contribution is -0.123. The van der Waals surface area contributed by atoms with Crippen LogP contribution < -0.4 is 20.1 Å². The molecule has 174 valence electrons. The van der Waals surface area contributed by atoms with Crippen LogP contribution in [-0.4, -0.2) is 48.8 Å². The van der Waals surface area contributed by atoms with E-state index in [9.17, 15) is 9.59 Å². The molecule has 1 unspecified atom stereocenters. The SMILES string of the molecule is CC(C)COc1ccc(C(=O)NC(Cc2ccc(OC(C)C)cc2)C(=O)NCCO)cc1. The molecule has 0 bridgehead atoms. The summed E-state index contributed by atoms with van der Waals surface area (Å²) < 4.78 is 11.3. The summed E-state index contributed by atoms with van der Waals surface area (Å²) in [6, 6.07) is 13.5. The summed E-state index contributed by atoms with van der Waals surface area (Å²) >= 11 is 0. The first kappa shape index (κ1) is 25.2. The van der Waals surface area contributed by atoms with Crippen LogP contribution in [0.25, 0.3) is 0 Å². The number of ether oxygens (including phenoxy) is 2. The molecule has 0 radical (unpaired) electrons. The first-order valence-corrected chi connectivity index (χ1v) is 11.0. The van der Waals surface area contributed by atoms with E-state index in [1.807, 2.05) is 38.1 Å². The third-order valence-corrected chi connectivity index (χ3v) is 4.47. The molecule has 2 aromatic rings. The van der Waals surface area contributed by atoms with E-state index in [2.05, 4.69) is 24.5 Å². The van der Waals surface area contributed by atoms with E-state index in [-0.39, 0.29) is 31.1 Å². The van der Waals surface area contributed by atoms with Crippen molar-refractivity contribution in [3.63, 3.8) is 0 Å². The predicted octanol–water partition coefficient (Wildman–Crippen LogP) is 2.96. The van der Waals surface area contributed by atoms with Crippen molar-refractivity contribution in [3.8, 4) is 11.5 Å². The highest BCUT2D eigenvalue weighted by atomic mass is 16.5. The first-order valence-electron chi connectivity index (χ1n) is 11.0. The second-order valence-corrected chi connectivity index (χ2v) is 8.28. The quantitative estimate of drug-likeness (QED) is 0.470. The van der Waals surface area contributed by atoms with Gasteiger partial charge in [-0.15, -0.1) is 0 Å². The highest BCUT2D eigenvalue weighted by molar-refractivity contribution is 5.97. The number of hydrogen-bond acceptors (Lipinski definition) is 5. The van der Waals surface area contributed by atoms with E-state index < -0.39 is 6.04 Å². The van der Waals surface area contributed by atoms with Crippen LogP contribution >= 0.6 is 0 Å². The Bertz CT molecular complexity index is 848. The lowest BCUT2D eigenvalue weighted by atomic mass is 10.0. The number of amides is 2. The topological polar surface area (TPSA) is 96.9 Å². The zero-order valence-corrected chi connectivity index (χ0v) is 19.3. The Morgan fingerprint density at radius 3 is 2.12 bits per heavy atom. The normalized spacial score (nSPS) is 11.8. The van der Waals surface area contributed by atoms with Gasteiger partial charge in [-0.2, -0.15) is 0 Å². The Hall–Kier alpha value is -3.06. The lowest BCUT2D eigenvalue weighted by Crippen LogP contribution is -2.48. The Morgan fingerprint density at radius 2 is 1.56 bits per heavy atom. The number of carbonyl (C=O) groups excluding carboxylic acids is 2. The fraction of sp³-hybridized carbons (Fsp3) is 0.440. The fourth-order valence-corrected chi connectivity index (χ4v) is 2.93. The van der Waals surface area contributed by atoms with Gasteiger partial charge >= 0.3 is 0 Å². The number of rotatable bonds is 12. The average Bonchev–Trinajstić information content (AvgIpc) is 2.76. The zero-order chi connectivity index (χ0) is 23.5. The second kappa shape index (κ2) is 12.7. The van der Waals surface area contributed by atoms with Crippen molar-refractivity contribution in [2.24, 2.45) is 5.92 Å². The summed E-state index contributed by atoms with van der Waals surface area (Å²) in [5.74, 6) is 1.13. The molecule has 2 aromatic carbocycles. The van der Waals surface area contributed by atoms with Crippen molar-refractivity contribution in [1.29, 1.82) is 0 Å². The number of nitrogens with one attached hydrogen (secondary N) is 2. The van der Waals surface area contributed by atoms with Crippen LogP contribution in [0.4, 0.5) is 0 Å². The second-order valence-electron chi connectivity index (χ2n) is 8.28. The number of benzene rings is 2. The Kier molecular flexibility index (Phi) is 10.0. The van der Waals surface area contributed by atoms with Crippen LogP contribution in [0.15, 0.2) is 48.5 Å². The van der Waals surface area contributed by atoms with E-state index in [4.69, 9.17) is 14.6 Å². The highest BCUT2D eigenvalue weighted by Gasteiger charge is 2.22. The maximum Gasteiger partial charge on any atom is 0.251 e. The molecular weight excluding hydrogens is 408 g/mol. The van der Waals surface area contributed by atoms with Crippen LogP contribution in [0.3, 0.4) is 0 Å². The summed E-state index contributed by atoms with van der Waals surface area (Å²) in [4.78, 5) is 25.4. The van der Waals surface area contributed by atoms with Gasteiger partial charge in [-0.1, -0.05) is 26.0 Å². The highest BCUT2D eigenvalue weighted by Crippen LogP contribution is 2.16. The van der Waals surface area contributed by atoms with Gasteiger partial charge in [0, 0.05) is 18.5 Å². The third kappa shape index (κ3) is 8.59. The minimum atomic E-state index is -0.789. The van der Waals surface area contributed by atoms with Crippen LogP contribution in [0.2, 0.25) is 0 Å². The van der Waals surface area contributed by atoms with Crippen molar-refractivity contribution in [3.05, 3.63) is 59.7 Å². The minimum Gasteiger partial charge on any atom is -0.493 e. The molecule has 7 nitrogen and oxygen atoms in total. The molecule has 2 amide bonds. The van der Waals surface area contributed by atoms with Crippen molar-refractivity contribution in [2.75, 3.05) is 19.8 Å². The van der Waals surface area contributed by atoms with Gasteiger partial charge in [0.25, 0.3) is 5.91 Å². The van der Waals surface area contributed by atoms with Gasteiger partial charge in [-0.3, -0.25) is 9.59 Å². The molecule has 0 saturated carbocycles. The summed E-state index contributed by atoms with van der Waals surface area (Å²) in [7, 11) is 0. The van der Waals surface area contributed by atoms with Crippen molar-refractivity contribution < 1.29 is 24.2 Å². The summed E-state index contributed by atoms with van der Waals surface area (Å²) in [5, 5.41) is 14.5. The molecule has 2 rings (SSSR count). The lowest BCUT2D eigenvalue weighted by Gasteiger charge is -2.19. The Labute approximate surface area is 190 Å². The molecule has 1 atom stereocenters. The number of carbonyl (C=O) groups is 2. The molecular formula is C25H34N2O5. The van der Waals surface area contributed by atoms with Crippen LogP contribution in [-0.2, 0) is 11.2 Å². The van der Waals surface area contributed by atoms with E-state index >= 15 is 0 Å². The maximum atomic E-state index is 12.8. The summed E-state index contributed by atoms with van der Waals surface area (Å²) in [6.07, 6.45) is 0.375. The van der Waals surface area contributed by atoms with Crippen molar-refractivity contribution >= 4 is 11.8 Å². The third-order valence-electron chi connectivity index (χ3n) is 4.47. The number of aliphatic hydroxyl groups excluding tert-OH is 1. The maximum absolute atomic E-state index is 12.8. The fourth-order valence-electron chi connectivity index (χ4n) is 2.93. The predicted molar refractivity (Wildman–Crippen MR) is 124 cm³/mol. The molecule has 0 aliphatic heterocycles. The minimum absolute atomic E-state index is 0.0688. The molecule has 32 heavy (non-hydrogen) atoms. The summed E-state index contributed by atoms with van der Waals surface area (Å²) in [5.41, 5.74) is 1.31. The first-order chi connectivity index (χ1) is 15.3. The molecule has 0 spiro atoms. The zero-order valence-electron chi connectivity index (χ0n) is 19.3. The van der Waals surface area contributed by atoms with Crippen LogP contribution in [0, 0.1) is 5.92 Å². The Morgan fingerprint density at radius 1 is 0.938 bits per heavy atom. The van der Waals surface area contributed by atoms with Gasteiger partial charge in [0.05, 0.1) is 19.3 Å². The van der Waals surface area contributed by atoms with E-state index in [0.29, 0.717) is 30.3 Å². The molecule has 7 heteroatoms. The number of aliphatic hydroxyl groups is 1.